The zero-order valence-electron chi connectivity index (χ0n) is 12.7. The molecular weight excluding hydrogens is 295 g/mol. The van der Waals surface area contributed by atoms with Crippen LogP contribution in [0.5, 0.6) is 0 Å². The molecule has 2 N–H and O–H groups in total. The highest BCUT2D eigenvalue weighted by molar-refractivity contribution is 6.00. The first-order valence-electron chi connectivity index (χ1n) is 7.11. The van der Waals surface area contributed by atoms with E-state index in [9.17, 15) is 14.0 Å². The first-order chi connectivity index (χ1) is 11.0. The first-order valence-corrected chi connectivity index (χ1v) is 7.11. The molecule has 0 aromatic heterocycles. The van der Waals surface area contributed by atoms with Crippen LogP contribution in [0.25, 0.3) is 6.08 Å². The monoisotopic (exact) mass is 312 g/mol. The maximum atomic E-state index is 13.1. The van der Waals surface area contributed by atoms with E-state index in [1.165, 1.54) is 19.1 Å². The van der Waals surface area contributed by atoms with Crippen molar-refractivity contribution in [3.8, 4) is 0 Å². The Bertz CT molecular complexity index is 727. The molecular formula is C18H17FN2O2. The molecule has 0 atom stereocenters. The van der Waals surface area contributed by atoms with Gasteiger partial charge in [0.25, 0.3) is 5.91 Å². The molecule has 0 unspecified atom stereocenters. The lowest BCUT2D eigenvalue weighted by molar-refractivity contribution is -0.122. The average molecular weight is 312 g/mol. The number of hydrogen-bond donors (Lipinski definition) is 2. The minimum absolute atomic E-state index is 0.139. The Hall–Kier alpha value is -2.95. The Morgan fingerprint density at radius 3 is 2.48 bits per heavy atom. The summed E-state index contributed by atoms with van der Waals surface area (Å²) in [5.74, 6) is -1.14. The van der Waals surface area contributed by atoms with Gasteiger partial charge >= 0.3 is 0 Å². The Morgan fingerprint density at radius 1 is 1.09 bits per heavy atom. The molecule has 0 radical (unpaired) electrons. The molecule has 0 heterocycles. The quantitative estimate of drug-likeness (QED) is 0.834. The molecule has 0 aliphatic carbocycles. The van der Waals surface area contributed by atoms with Crippen LogP contribution in [0.15, 0.2) is 60.3 Å². The number of carbonyl (C=O) groups is 2. The molecule has 5 heteroatoms. The van der Waals surface area contributed by atoms with Gasteiger partial charge in [0, 0.05) is 13.5 Å². The smallest absolute Gasteiger partial charge is 0.268 e. The second-order valence-corrected chi connectivity index (χ2v) is 4.96. The summed E-state index contributed by atoms with van der Waals surface area (Å²) in [5.41, 5.74) is 1.57. The van der Waals surface area contributed by atoms with E-state index >= 15 is 0 Å². The Labute approximate surface area is 134 Å². The van der Waals surface area contributed by atoms with Gasteiger partial charge in [-0.1, -0.05) is 42.5 Å². The zero-order chi connectivity index (χ0) is 16.7. The standard InChI is InChI=1S/C18H17FN2O2/c1-13(22)21-17(11-14-6-3-2-4-7-14)18(23)20-12-15-8-5-9-16(19)10-15/h2-11H,12H2,1H3,(H,20,23)(H,21,22)/b17-11-. The summed E-state index contributed by atoms with van der Waals surface area (Å²) in [4.78, 5) is 23.5. The number of rotatable bonds is 5. The molecule has 0 saturated carbocycles. The largest absolute Gasteiger partial charge is 0.347 e. The second kappa shape index (κ2) is 7.89. The van der Waals surface area contributed by atoms with Crippen molar-refractivity contribution < 1.29 is 14.0 Å². The average Bonchev–Trinajstić information content (AvgIpc) is 2.52. The van der Waals surface area contributed by atoms with Gasteiger partial charge in [0.15, 0.2) is 0 Å². The summed E-state index contributed by atoms with van der Waals surface area (Å²) < 4.78 is 13.1. The van der Waals surface area contributed by atoms with Crippen LogP contribution in [0.4, 0.5) is 4.39 Å². The third kappa shape index (κ3) is 5.39. The minimum Gasteiger partial charge on any atom is -0.347 e. The summed E-state index contributed by atoms with van der Waals surface area (Å²) in [6.07, 6.45) is 1.59. The van der Waals surface area contributed by atoms with Crippen molar-refractivity contribution in [3.05, 3.63) is 77.2 Å². The van der Waals surface area contributed by atoms with E-state index in [0.29, 0.717) is 5.56 Å². The molecule has 2 rings (SSSR count). The molecule has 2 aromatic carbocycles. The molecule has 0 aliphatic heterocycles. The molecule has 23 heavy (non-hydrogen) atoms. The van der Waals surface area contributed by atoms with E-state index in [0.717, 1.165) is 5.56 Å². The van der Waals surface area contributed by atoms with Crippen molar-refractivity contribution in [2.45, 2.75) is 13.5 Å². The Balaban J connectivity index is 2.10. The topological polar surface area (TPSA) is 58.2 Å². The summed E-state index contributed by atoms with van der Waals surface area (Å²) in [7, 11) is 0. The zero-order valence-corrected chi connectivity index (χ0v) is 12.7. The number of carbonyl (C=O) groups excluding carboxylic acids is 2. The van der Waals surface area contributed by atoms with Crippen molar-refractivity contribution in [2.75, 3.05) is 0 Å². The Kier molecular flexibility index (Phi) is 5.63. The third-order valence-corrected chi connectivity index (χ3v) is 3.01. The van der Waals surface area contributed by atoms with Crippen molar-refractivity contribution in [1.82, 2.24) is 10.6 Å². The molecule has 0 spiro atoms. The molecule has 0 bridgehead atoms. The fourth-order valence-corrected chi connectivity index (χ4v) is 1.99. The number of amides is 2. The lowest BCUT2D eigenvalue weighted by Crippen LogP contribution is -2.33. The van der Waals surface area contributed by atoms with Gasteiger partial charge in [-0.25, -0.2) is 4.39 Å². The van der Waals surface area contributed by atoms with E-state index in [1.807, 2.05) is 30.3 Å². The van der Waals surface area contributed by atoms with E-state index in [2.05, 4.69) is 10.6 Å². The SMILES string of the molecule is CC(=O)N/C(=C\c1ccccc1)C(=O)NCc1cccc(F)c1. The van der Waals surface area contributed by atoms with E-state index in [1.54, 1.807) is 18.2 Å². The van der Waals surface area contributed by atoms with Gasteiger partial charge in [0.05, 0.1) is 0 Å². The molecule has 118 valence electrons. The molecule has 0 saturated heterocycles. The van der Waals surface area contributed by atoms with Crippen LogP contribution in [0, 0.1) is 5.82 Å². The van der Waals surface area contributed by atoms with Crippen LogP contribution in [-0.4, -0.2) is 11.8 Å². The highest BCUT2D eigenvalue weighted by Crippen LogP contribution is 2.06. The fourth-order valence-electron chi connectivity index (χ4n) is 1.99. The summed E-state index contributed by atoms with van der Waals surface area (Å²) >= 11 is 0. The van der Waals surface area contributed by atoms with E-state index in [-0.39, 0.29) is 24.0 Å². The van der Waals surface area contributed by atoms with Gasteiger partial charge in [0.1, 0.15) is 11.5 Å². The van der Waals surface area contributed by atoms with Gasteiger partial charge in [-0.05, 0) is 29.3 Å². The lowest BCUT2D eigenvalue weighted by Gasteiger charge is -2.10. The van der Waals surface area contributed by atoms with Crippen molar-refractivity contribution in [2.24, 2.45) is 0 Å². The summed E-state index contributed by atoms with van der Waals surface area (Å²) in [6, 6.07) is 15.1. The van der Waals surface area contributed by atoms with E-state index in [4.69, 9.17) is 0 Å². The number of hydrogen-bond acceptors (Lipinski definition) is 2. The normalized spacial score (nSPS) is 11.0. The molecule has 0 aliphatic rings. The van der Waals surface area contributed by atoms with Crippen LogP contribution >= 0.6 is 0 Å². The maximum Gasteiger partial charge on any atom is 0.268 e. The Morgan fingerprint density at radius 2 is 1.83 bits per heavy atom. The molecule has 0 fully saturated rings. The maximum absolute atomic E-state index is 13.1. The van der Waals surface area contributed by atoms with Crippen LogP contribution in [0.1, 0.15) is 18.1 Å². The van der Waals surface area contributed by atoms with Crippen LogP contribution in [-0.2, 0) is 16.1 Å². The number of halogens is 1. The van der Waals surface area contributed by atoms with Gasteiger partial charge in [0.2, 0.25) is 5.91 Å². The van der Waals surface area contributed by atoms with Gasteiger partial charge in [-0.3, -0.25) is 9.59 Å². The minimum atomic E-state index is -0.437. The fraction of sp³-hybridized carbons (Fsp3) is 0.111. The van der Waals surface area contributed by atoms with Gasteiger partial charge < -0.3 is 10.6 Å². The van der Waals surface area contributed by atoms with E-state index < -0.39 is 5.91 Å². The predicted octanol–water partition coefficient (Wildman–Crippen LogP) is 2.62. The van der Waals surface area contributed by atoms with Crippen LogP contribution < -0.4 is 10.6 Å². The molecule has 2 amide bonds. The number of benzene rings is 2. The van der Waals surface area contributed by atoms with Crippen LogP contribution in [0.2, 0.25) is 0 Å². The van der Waals surface area contributed by atoms with Gasteiger partial charge in [-0.2, -0.15) is 0 Å². The second-order valence-electron chi connectivity index (χ2n) is 4.96. The summed E-state index contributed by atoms with van der Waals surface area (Å²) in [5, 5.41) is 5.18. The van der Waals surface area contributed by atoms with Crippen molar-refractivity contribution >= 4 is 17.9 Å². The van der Waals surface area contributed by atoms with Gasteiger partial charge in [-0.15, -0.1) is 0 Å². The predicted molar refractivity (Wildman–Crippen MR) is 86.5 cm³/mol. The van der Waals surface area contributed by atoms with Crippen LogP contribution in [0.3, 0.4) is 0 Å². The highest BCUT2D eigenvalue weighted by Gasteiger charge is 2.11. The third-order valence-electron chi connectivity index (χ3n) is 3.01. The molecule has 2 aromatic rings. The number of nitrogens with one attached hydrogen (secondary N) is 2. The lowest BCUT2D eigenvalue weighted by atomic mass is 10.2. The summed E-state index contributed by atoms with van der Waals surface area (Å²) in [6.45, 7) is 1.50. The van der Waals surface area contributed by atoms with Crippen molar-refractivity contribution in [3.63, 3.8) is 0 Å². The van der Waals surface area contributed by atoms with Crippen molar-refractivity contribution in [1.29, 1.82) is 0 Å². The highest BCUT2D eigenvalue weighted by atomic mass is 19.1. The molecule has 4 nitrogen and oxygen atoms in total. The first kappa shape index (κ1) is 16.4.